The van der Waals surface area contributed by atoms with E-state index in [0.717, 1.165) is 23.9 Å². The van der Waals surface area contributed by atoms with E-state index in [-0.39, 0.29) is 0 Å². The van der Waals surface area contributed by atoms with E-state index >= 15 is 0 Å². The van der Waals surface area contributed by atoms with Gasteiger partial charge < -0.3 is 5.73 Å². The first kappa shape index (κ1) is 16.7. The van der Waals surface area contributed by atoms with Crippen LogP contribution in [-0.4, -0.2) is 24.5 Å². The van der Waals surface area contributed by atoms with Gasteiger partial charge in [0, 0.05) is 16.6 Å². The largest absolute Gasteiger partial charge is 0.327 e. The van der Waals surface area contributed by atoms with Crippen LogP contribution in [0.25, 0.3) is 0 Å². The molecule has 1 aromatic carbocycles. The van der Waals surface area contributed by atoms with Crippen molar-refractivity contribution in [2.24, 2.45) is 11.7 Å². The number of benzene rings is 1. The van der Waals surface area contributed by atoms with Crippen LogP contribution < -0.4 is 5.73 Å². The Balaban J connectivity index is 2.64. The van der Waals surface area contributed by atoms with Gasteiger partial charge in [-0.05, 0) is 50.0 Å². The molecule has 0 aliphatic rings. The van der Waals surface area contributed by atoms with Crippen molar-refractivity contribution in [1.82, 2.24) is 4.90 Å². The third kappa shape index (κ3) is 5.25. The van der Waals surface area contributed by atoms with Gasteiger partial charge in [0.15, 0.2) is 0 Å². The van der Waals surface area contributed by atoms with E-state index in [1.807, 2.05) is 0 Å². The van der Waals surface area contributed by atoms with Crippen LogP contribution in [-0.2, 0) is 0 Å². The molecule has 0 aromatic heterocycles. The van der Waals surface area contributed by atoms with Crippen LogP contribution in [0.3, 0.4) is 0 Å². The summed E-state index contributed by atoms with van der Waals surface area (Å²) in [5, 5.41) is 0. The fourth-order valence-electron chi connectivity index (χ4n) is 2.36. The molecule has 0 aliphatic carbocycles. The highest BCUT2D eigenvalue weighted by molar-refractivity contribution is 9.10. The fraction of sp³-hybridized carbons (Fsp3) is 0.625. The number of hydrogen-bond acceptors (Lipinski definition) is 2. The van der Waals surface area contributed by atoms with Crippen LogP contribution in [0.4, 0.5) is 0 Å². The van der Waals surface area contributed by atoms with Crippen molar-refractivity contribution in [2.75, 3.05) is 13.6 Å². The Morgan fingerprint density at radius 1 is 1.32 bits per heavy atom. The van der Waals surface area contributed by atoms with Crippen LogP contribution in [0.15, 0.2) is 28.7 Å². The smallest absolute Gasteiger partial charge is 0.0342 e. The van der Waals surface area contributed by atoms with Gasteiger partial charge in [0.25, 0.3) is 0 Å². The van der Waals surface area contributed by atoms with E-state index in [9.17, 15) is 0 Å². The quantitative estimate of drug-likeness (QED) is 0.813. The molecule has 0 aliphatic heterocycles. The summed E-state index contributed by atoms with van der Waals surface area (Å²) in [5.74, 6) is 0.555. The zero-order chi connectivity index (χ0) is 14.4. The highest BCUT2D eigenvalue weighted by atomic mass is 79.9. The molecular weight excluding hydrogens is 300 g/mol. The molecule has 0 amide bonds. The molecular formula is C16H27BrN2. The molecule has 2 nitrogen and oxygen atoms in total. The lowest BCUT2D eigenvalue weighted by molar-refractivity contribution is 0.224. The first-order valence-corrected chi connectivity index (χ1v) is 7.96. The molecule has 1 aromatic rings. The molecule has 108 valence electrons. The van der Waals surface area contributed by atoms with Crippen molar-refractivity contribution >= 4 is 15.9 Å². The fourth-order valence-corrected chi connectivity index (χ4v) is 2.77. The topological polar surface area (TPSA) is 29.3 Å². The maximum atomic E-state index is 6.14. The lowest BCUT2D eigenvalue weighted by Gasteiger charge is -2.29. The summed E-state index contributed by atoms with van der Waals surface area (Å²) in [6.45, 7) is 7.67. The van der Waals surface area contributed by atoms with Crippen LogP contribution in [0.2, 0.25) is 0 Å². The van der Waals surface area contributed by atoms with E-state index in [2.05, 4.69) is 72.9 Å². The molecule has 0 saturated carbocycles. The van der Waals surface area contributed by atoms with Crippen LogP contribution in [0.1, 0.15) is 45.2 Å². The maximum Gasteiger partial charge on any atom is 0.0342 e. The van der Waals surface area contributed by atoms with Gasteiger partial charge in [-0.3, -0.25) is 4.90 Å². The van der Waals surface area contributed by atoms with Crippen molar-refractivity contribution in [3.05, 3.63) is 34.3 Å². The first-order valence-electron chi connectivity index (χ1n) is 7.17. The van der Waals surface area contributed by atoms with Gasteiger partial charge in [0.1, 0.15) is 0 Å². The summed E-state index contributed by atoms with van der Waals surface area (Å²) in [5.41, 5.74) is 7.51. The van der Waals surface area contributed by atoms with Gasteiger partial charge in [-0.1, -0.05) is 48.8 Å². The second kappa shape index (κ2) is 8.03. The van der Waals surface area contributed by atoms with Crippen molar-refractivity contribution in [3.8, 4) is 0 Å². The Labute approximate surface area is 126 Å². The molecule has 2 atom stereocenters. The number of rotatable bonds is 7. The highest BCUT2D eigenvalue weighted by Crippen LogP contribution is 2.25. The van der Waals surface area contributed by atoms with Crippen molar-refractivity contribution in [3.63, 3.8) is 0 Å². The third-order valence-corrected chi connectivity index (χ3v) is 4.32. The first-order chi connectivity index (χ1) is 8.95. The maximum absolute atomic E-state index is 6.14. The highest BCUT2D eigenvalue weighted by Gasteiger charge is 2.16. The van der Waals surface area contributed by atoms with Gasteiger partial charge in [0.05, 0.1) is 0 Å². The minimum absolute atomic E-state index is 0.294. The van der Waals surface area contributed by atoms with E-state index in [4.69, 9.17) is 5.73 Å². The Morgan fingerprint density at radius 2 is 2.00 bits per heavy atom. The average molecular weight is 327 g/mol. The third-order valence-electron chi connectivity index (χ3n) is 3.82. The van der Waals surface area contributed by atoms with Crippen LogP contribution in [0, 0.1) is 5.92 Å². The molecule has 0 spiro atoms. The zero-order valence-corrected chi connectivity index (χ0v) is 14.2. The summed E-state index contributed by atoms with van der Waals surface area (Å²) >= 11 is 3.55. The molecule has 0 saturated heterocycles. The predicted octanol–water partition coefficient (Wildman–Crippen LogP) is 4.21. The minimum Gasteiger partial charge on any atom is -0.327 e. The lowest BCUT2D eigenvalue weighted by Crippen LogP contribution is -2.33. The predicted molar refractivity (Wildman–Crippen MR) is 87.2 cm³/mol. The number of halogens is 1. The van der Waals surface area contributed by atoms with E-state index in [1.165, 1.54) is 5.56 Å². The van der Waals surface area contributed by atoms with E-state index in [0.29, 0.717) is 18.0 Å². The molecule has 2 unspecified atom stereocenters. The standard InChI is InChI=1S/C16H27BrN2/c1-5-16(13-7-6-8-14(17)11-13)19(4)10-9-15(18)12(2)3/h6-8,11-12,15-16H,5,9-10,18H2,1-4H3. The second-order valence-electron chi connectivity index (χ2n) is 5.66. The molecule has 1 rings (SSSR count). The molecule has 2 N–H and O–H groups in total. The Kier molecular flexibility index (Phi) is 7.05. The summed E-state index contributed by atoms with van der Waals surface area (Å²) in [6.07, 6.45) is 2.17. The SMILES string of the molecule is CCC(c1cccc(Br)c1)N(C)CCC(N)C(C)C. The zero-order valence-electron chi connectivity index (χ0n) is 12.6. The number of hydrogen-bond donors (Lipinski definition) is 1. The molecule has 0 heterocycles. The van der Waals surface area contributed by atoms with E-state index < -0.39 is 0 Å². The molecule has 3 heteroatoms. The van der Waals surface area contributed by atoms with E-state index in [1.54, 1.807) is 0 Å². The summed E-state index contributed by atoms with van der Waals surface area (Å²) < 4.78 is 1.15. The van der Waals surface area contributed by atoms with Crippen LogP contribution in [0.5, 0.6) is 0 Å². The monoisotopic (exact) mass is 326 g/mol. The molecule has 0 bridgehead atoms. The number of nitrogens with two attached hydrogens (primary N) is 1. The summed E-state index contributed by atoms with van der Waals surface area (Å²) in [7, 11) is 2.20. The molecule has 0 radical (unpaired) electrons. The van der Waals surface area contributed by atoms with Gasteiger partial charge >= 0.3 is 0 Å². The van der Waals surface area contributed by atoms with Gasteiger partial charge in [-0.25, -0.2) is 0 Å². The van der Waals surface area contributed by atoms with Crippen molar-refractivity contribution in [2.45, 2.75) is 45.7 Å². The Bertz CT molecular complexity index is 379. The summed E-state index contributed by atoms with van der Waals surface area (Å²) in [4.78, 5) is 2.42. The number of nitrogens with zero attached hydrogens (tertiary/aromatic N) is 1. The van der Waals surface area contributed by atoms with Gasteiger partial charge in [0.2, 0.25) is 0 Å². The van der Waals surface area contributed by atoms with Crippen molar-refractivity contribution in [1.29, 1.82) is 0 Å². The second-order valence-corrected chi connectivity index (χ2v) is 6.57. The van der Waals surface area contributed by atoms with Crippen LogP contribution >= 0.6 is 15.9 Å². The normalized spacial score (nSPS) is 14.9. The Morgan fingerprint density at radius 3 is 2.53 bits per heavy atom. The van der Waals surface area contributed by atoms with Crippen molar-refractivity contribution < 1.29 is 0 Å². The minimum atomic E-state index is 0.294. The summed E-state index contributed by atoms with van der Waals surface area (Å²) in [6, 6.07) is 9.37. The van der Waals surface area contributed by atoms with Gasteiger partial charge in [-0.2, -0.15) is 0 Å². The molecule has 19 heavy (non-hydrogen) atoms. The Hall–Kier alpha value is -0.380. The van der Waals surface area contributed by atoms with Gasteiger partial charge in [-0.15, -0.1) is 0 Å². The molecule has 0 fully saturated rings. The lowest BCUT2D eigenvalue weighted by atomic mass is 10.00. The average Bonchev–Trinajstić information content (AvgIpc) is 2.36.